The van der Waals surface area contributed by atoms with Crippen LogP contribution in [0.3, 0.4) is 0 Å². The van der Waals surface area contributed by atoms with Crippen LogP contribution in [0.2, 0.25) is 0 Å². The van der Waals surface area contributed by atoms with Gasteiger partial charge in [-0.2, -0.15) is 0 Å². The lowest BCUT2D eigenvalue weighted by Crippen LogP contribution is -2.17. The third-order valence-electron chi connectivity index (χ3n) is 3.77. The van der Waals surface area contributed by atoms with Gasteiger partial charge in [0.15, 0.2) is 5.78 Å². The van der Waals surface area contributed by atoms with E-state index in [1.54, 1.807) is 0 Å². The van der Waals surface area contributed by atoms with Gasteiger partial charge in [0.05, 0.1) is 11.5 Å². The van der Waals surface area contributed by atoms with Gasteiger partial charge in [0, 0.05) is 12.8 Å². The number of aryl methyl sites for hydroxylation is 1. The highest BCUT2D eigenvalue weighted by molar-refractivity contribution is 6.08. The summed E-state index contributed by atoms with van der Waals surface area (Å²) in [4.78, 5) is 12.2. The van der Waals surface area contributed by atoms with Crippen LogP contribution in [0.4, 0.5) is 0 Å². The number of carbonyl (C=O) groups is 1. The van der Waals surface area contributed by atoms with Crippen LogP contribution in [-0.2, 0) is 9.53 Å². The fourth-order valence-electron chi connectivity index (χ4n) is 2.85. The van der Waals surface area contributed by atoms with Crippen LogP contribution in [0.5, 0.6) is 0 Å². The Bertz CT molecular complexity index is 601. The molecule has 0 bridgehead atoms. The van der Waals surface area contributed by atoms with E-state index in [1.807, 2.05) is 31.2 Å². The summed E-state index contributed by atoms with van der Waals surface area (Å²) in [6.45, 7) is 1.98. The van der Waals surface area contributed by atoms with Crippen molar-refractivity contribution in [1.82, 2.24) is 0 Å². The van der Waals surface area contributed by atoms with Gasteiger partial charge in [0.2, 0.25) is 5.90 Å². The molecule has 1 heterocycles. The summed E-state index contributed by atoms with van der Waals surface area (Å²) in [5.41, 5.74) is 2.70. The first kappa shape index (κ1) is 12.0. The molecule has 19 heavy (non-hydrogen) atoms. The first-order chi connectivity index (χ1) is 9.22. The maximum Gasteiger partial charge on any atom is 0.242 e. The van der Waals surface area contributed by atoms with E-state index >= 15 is 0 Å². The van der Waals surface area contributed by atoms with E-state index in [-0.39, 0.29) is 17.6 Å². The molecule has 1 N–H and O–H groups in total. The second kappa shape index (κ2) is 4.53. The zero-order valence-corrected chi connectivity index (χ0v) is 10.7. The Morgan fingerprint density at radius 1 is 1.32 bits per heavy atom. The summed E-state index contributed by atoms with van der Waals surface area (Å²) in [6.07, 6.45) is 2.09. The van der Waals surface area contributed by atoms with E-state index in [9.17, 15) is 4.79 Å². The van der Waals surface area contributed by atoms with Gasteiger partial charge in [0.1, 0.15) is 5.76 Å². The van der Waals surface area contributed by atoms with Gasteiger partial charge in [-0.25, -0.2) is 0 Å². The number of ether oxygens (including phenoxy) is 1. The number of benzene rings is 1. The molecule has 3 rings (SSSR count). The lowest BCUT2D eigenvalue weighted by Gasteiger charge is -2.16. The summed E-state index contributed by atoms with van der Waals surface area (Å²) in [5.74, 6) is 0.647. The fraction of sp³-hybridized carbons (Fsp3) is 0.333. The number of nitrogens with zero attached hydrogens (tertiary/aromatic N) is 1. The molecule has 0 saturated carbocycles. The summed E-state index contributed by atoms with van der Waals surface area (Å²) in [5, 5.41) is 12.4. The SMILES string of the molecule is Cc1ccccc1C1C2=C(CCCC2=O)O/C1=N/O. The molecule has 4 heteroatoms. The quantitative estimate of drug-likeness (QED) is 0.621. The standard InChI is InChI=1S/C15H15NO3/c1-9-5-2-3-6-10(9)13-14-11(17)7-4-8-12(14)19-15(13)16-18/h2-3,5-6,13,18H,4,7-8H2,1H3/b16-15+. The Morgan fingerprint density at radius 3 is 2.84 bits per heavy atom. The summed E-state index contributed by atoms with van der Waals surface area (Å²) < 4.78 is 5.57. The molecule has 1 unspecified atom stereocenters. The van der Waals surface area contributed by atoms with E-state index in [4.69, 9.17) is 9.94 Å². The van der Waals surface area contributed by atoms with Crippen molar-refractivity contribution >= 4 is 11.7 Å². The Hall–Kier alpha value is -2.10. The number of allylic oxidation sites excluding steroid dienone is 1. The first-order valence-electron chi connectivity index (χ1n) is 6.44. The predicted octanol–water partition coefficient (Wildman–Crippen LogP) is 2.90. The van der Waals surface area contributed by atoms with Crippen molar-refractivity contribution in [3.05, 3.63) is 46.7 Å². The minimum Gasteiger partial charge on any atom is -0.443 e. The third-order valence-corrected chi connectivity index (χ3v) is 3.77. The van der Waals surface area contributed by atoms with Crippen molar-refractivity contribution in [2.75, 3.05) is 0 Å². The first-order valence-corrected chi connectivity index (χ1v) is 6.44. The summed E-state index contributed by atoms with van der Waals surface area (Å²) >= 11 is 0. The molecular weight excluding hydrogens is 242 g/mol. The van der Waals surface area contributed by atoms with Crippen LogP contribution in [0, 0.1) is 6.92 Å². The largest absolute Gasteiger partial charge is 0.443 e. The average Bonchev–Trinajstić information content (AvgIpc) is 2.79. The van der Waals surface area contributed by atoms with Crippen molar-refractivity contribution in [3.8, 4) is 0 Å². The van der Waals surface area contributed by atoms with Gasteiger partial charge in [-0.3, -0.25) is 4.79 Å². The van der Waals surface area contributed by atoms with E-state index in [1.165, 1.54) is 0 Å². The maximum atomic E-state index is 12.2. The van der Waals surface area contributed by atoms with E-state index in [2.05, 4.69) is 5.16 Å². The summed E-state index contributed by atoms with van der Waals surface area (Å²) in [6, 6.07) is 7.80. The molecule has 0 saturated heterocycles. The Kier molecular flexibility index (Phi) is 2.85. The molecule has 98 valence electrons. The van der Waals surface area contributed by atoms with Gasteiger partial charge in [0.25, 0.3) is 0 Å². The molecule has 0 fully saturated rings. The van der Waals surface area contributed by atoms with Crippen LogP contribution in [0.25, 0.3) is 0 Å². The highest BCUT2D eigenvalue weighted by atomic mass is 16.5. The van der Waals surface area contributed by atoms with Crippen LogP contribution in [0.1, 0.15) is 36.3 Å². The summed E-state index contributed by atoms with van der Waals surface area (Å²) in [7, 11) is 0. The van der Waals surface area contributed by atoms with E-state index < -0.39 is 0 Å². The van der Waals surface area contributed by atoms with Crippen molar-refractivity contribution in [3.63, 3.8) is 0 Å². The normalized spacial score (nSPS) is 24.6. The molecule has 1 aliphatic heterocycles. The van der Waals surface area contributed by atoms with Crippen molar-refractivity contribution in [2.45, 2.75) is 32.1 Å². The van der Waals surface area contributed by atoms with Crippen molar-refractivity contribution in [2.24, 2.45) is 5.16 Å². The molecular formula is C15H15NO3. The molecule has 0 amide bonds. The molecule has 1 aliphatic carbocycles. The van der Waals surface area contributed by atoms with Gasteiger partial charge in [-0.1, -0.05) is 29.4 Å². The number of carbonyl (C=O) groups excluding carboxylic acids is 1. The lowest BCUT2D eigenvalue weighted by molar-refractivity contribution is -0.116. The fourth-order valence-corrected chi connectivity index (χ4v) is 2.85. The highest BCUT2D eigenvalue weighted by Crippen LogP contribution is 2.42. The minimum absolute atomic E-state index is 0.105. The van der Waals surface area contributed by atoms with Gasteiger partial charge < -0.3 is 9.94 Å². The zero-order chi connectivity index (χ0) is 13.4. The van der Waals surface area contributed by atoms with Gasteiger partial charge >= 0.3 is 0 Å². The molecule has 1 atom stereocenters. The van der Waals surface area contributed by atoms with Crippen LogP contribution < -0.4 is 0 Å². The molecule has 0 spiro atoms. The molecule has 1 aromatic carbocycles. The number of hydrogen-bond acceptors (Lipinski definition) is 4. The Morgan fingerprint density at radius 2 is 2.11 bits per heavy atom. The zero-order valence-electron chi connectivity index (χ0n) is 10.7. The van der Waals surface area contributed by atoms with Crippen molar-refractivity contribution < 1.29 is 14.7 Å². The monoisotopic (exact) mass is 257 g/mol. The maximum absolute atomic E-state index is 12.2. The topological polar surface area (TPSA) is 58.9 Å². The highest BCUT2D eigenvalue weighted by Gasteiger charge is 2.41. The smallest absolute Gasteiger partial charge is 0.242 e. The van der Waals surface area contributed by atoms with Crippen molar-refractivity contribution in [1.29, 1.82) is 0 Å². The lowest BCUT2D eigenvalue weighted by atomic mass is 9.83. The number of hydrogen-bond donors (Lipinski definition) is 1. The van der Waals surface area contributed by atoms with Gasteiger partial charge in [-0.15, -0.1) is 0 Å². The predicted molar refractivity (Wildman–Crippen MR) is 70.1 cm³/mol. The number of oxime groups is 1. The molecule has 1 aromatic rings. The third kappa shape index (κ3) is 1.84. The minimum atomic E-state index is -0.353. The average molecular weight is 257 g/mol. The van der Waals surface area contributed by atoms with Gasteiger partial charge in [-0.05, 0) is 24.5 Å². The second-order valence-corrected chi connectivity index (χ2v) is 4.94. The molecule has 0 aromatic heterocycles. The number of ketones is 1. The van der Waals surface area contributed by atoms with E-state index in [0.717, 1.165) is 24.0 Å². The molecule has 4 nitrogen and oxygen atoms in total. The molecule has 0 radical (unpaired) electrons. The van der Waals surface area contributed by atoms with E-state index in [0.29, 0.717) is 17.8 Å². The number of Topliss-reactive ketones (excluding diaryl/α,β-unsaturated/α-hetero) is 1. The van der Waals surface area contributed by atoms with Crippen LogP contribution in [-0.4, -0.2) is 16.9 Å². The Balaban J connectivity index is 2.14. The Labute approximate surface area is 111 Å². The second-order valence-electron chi connectivity index (χ2n) is 4.94. The number of rotatable bonds is 1. The molecule has 2 aliphatic rings. The van der Waals surface area contributed by atoms with Crippen LogP contribution in [0.15, 0.2) is 40.8 Å². The van der Waals surface area contributed by atoms with Crippen LogP contribution >= 0.6 is 0 Å².